The number of carbonyl (C=O) groups excluding carboxylic acids is 2. The van der Waals surface area contributed by atoms with Crippen molar-refractivity contribution in [2.24, 2.45) is 0 Å². The molecule has 0 radical (unpaired) electrons. The predicted molar refractivity (Wildman–Crippen MR) is 129 cm³/mol. The average molecular weight is 472 g/mol. The molecule has 0 bridgehead atoms. The Morgan fingerprint density at radius 1 is 1.00 bits per heavy atom. The third kappa shape index (κ3) is 6.16. The Labute approximate surface area is 199 Å². The van der Waals surface area contributed by atoms with Crippen molar-refractivity contribution in [2.75, 3.05) is 44.7 Å². The number of urea groups is 1. The van der Waals surface area contributed by atoms with E-state index in [9.17, 15) is 9.59 Å². The molecule has 2 heterocycles. The lowest BCUT2D eigenvalue weighted by Crippen LogP contribution is -2.48. The number of rotatable bonds is 5. The summed E-state index contributed by atoms with van der Waals surface area (Å²) in [5.41, 5.74) is 6.47. The summed E-state index contributed by atoms with van der Waals surface area (Å²) in [6, 6.07) is 12.2. The van der Waals surface area contributed by atoms with Crippen molar-refractivity contribution in [1.29, 1.82) is 0 Å². The Morgan fingerprint density at radius 2 is 1.79 bits per heavy atom. The van der Waals surface area contributed by atoms with Crippen molar-refractivity contribution in [3.8, 4) is 11.5 Å². The molecule has 1 fully saturated rings. The van der Waals surface area contributed by atoms with Gasteiger partial charge >= 0.3 is 6.03 Å². The highest BCUT2D eigenvalue weighted by Crippen LogP contribution is 2.40. The van der Waals surface area contributed by atoms with Gasteiger partial charge in [-0.05, 0) is 50.7 Å². The maximum absolute atomic E-state index is 13.0. The van der Waals surface area contributed by atoms with Crippen LogP contribution in [0.2, 0.25) is 5.02 Å². The molecule has 0 spiro atoms. The summed E-state index contributed by atoms with van der Waals surface area (Å²) < 4.78 is 6.01. The molecule has 0 aliphatic carbocycles. The lowest BCUT2D eigenvalue weighted by Gasteiger charge is -2.32. The van der Waals surface area contributed by atoms with Gasteiger partial charge in [0.25, 0.3) is 0 Å². The van der Waals surface area contributed by atoms with Crippen LogP contribution in [0.5, 0.6) is 11.5 Å². The summed E-state index contributed by atoms with van der Waals surface area (Å²) >= 11 is 6.18. The lowest BCUT2D eigenvalue weighted by molar-refractivity contribution is -0.121. The fourth-order valence-corrected chi connectivity index (χ4v) is 4.19. The molecule has 0 atom stereocenters. The van der Waals surface area contributed by atoms with Crippen LogP contribution in [0.3, 0.4) is 0 Å². The number of nitrogens with zero attached hydrogens (tertiary/aromatic N) is 3. The van der Waals surface area contributed by atoms with E-state index >= 15 is 0 Å². The van der Waals surface area contributed by atoms with Crippen molar-refractivity contribution < 1.29 is 14.3 Å². The number of hydrogen-bond acceptors (Lipinski definition) is 5. The Bertz CT molecular complexity index is 994. The van der Waals surface area contributed by atoms with E-state index in [0.29, 0.717) is 28.6 Å². The molecule has 9 heteroatoms. The smallest absolute Gasteiger partial charge is 0.341 e. The molecule has 1 saturated heterocycles. The van der Waals surface area contributed by atoms with Crippen LogP contribution in [-0.4, -0.2) is 61.5 Å². The fraction of sp³-hybridized carbons (Fsp3) is 0.417. The summed E-state index contributed by atoms with van der Waals surface area (Å²) in [4.78, 5) is 31.5. The summed E-state index contributed by atoms with van der Waals surface area (Å²) in [5, 5.41) is 0.491. The van der Waals surface area contributed by atoms with Gasteiger partial charge in [0.1, 0.15) is 5.75 Å². The fourth-order valence-electron chi connectivity index (χ4n) is 4.02. The number of nitrogens with one attached hydrogen (secondary N) is 2. The van der Waals surface area contributed by atoms with E-state index in [2.05, 4.69) is 27.7 Å². The first-order chi connectivity index (χ1) is 16.0. The number of ether oxygens (including phenoxy) is 1. The van der Waals surface area contributed by atoms with E-state index in [1.54, 1.807) is 18.2 Å². The first kappa shape index (κ1) is 23.4. The van der Waals surface area contributed by atoms with E-state index in [4.69, 9.17) is 16.3 Å². The number of piperazine rings is 1. The van der Waals surface area contributed by atoms with Gasteiger partial charge in [-0.15, -0.1) is 0 Å². The minimum absolute atomic E-state index is 0.209. The second kappa shape index (κ2) is 10.9. The van der Waals surface area contributed by atoms with Crippen molar-refractivity contribution >= 4 is 29.2 Å². The molecular weight excluding hydrogens is 442 g/mol. The Morgan fingerprint density at radius 3 is 2.61 bits per heavy atom. The zero-order chi connectivity index (χ0) is 23.2. The monoisotopic (exact) mass is 471 g/mol. The standard InChI is InChI=1S/C24H30ClN5O3/c1-28-12-14-29(15-13-28)11-5-4-8-23(31)26-27-24(32)30-17-18-6-2-3-7-21(18)33-22-10-9-19(25)16-20(22)30/h2-3,6-7,9-10,16H,4-5,8,11-15,17H2,1H3,(H,26,31)(H,27,32). The SMILES string of the molecule is CN1CCN(CCCCC(=O)NNC(=O)N2Cc3ccccc3Oc3ccc(Cl)cc32)CC1. The zero-order valence-corrected chi connectivity index (χ0v) is 19.6. The summed E-state index contributed by atoms with van der Waals surface area (Å²) in [6.45, 7) is 5.62. The Balaban J connectivity index is 1.29. The number of para-hydroxylation sites is 1. The molecule has 2 aromatic rings. The average Bonchev–Trinajstić information content (AvgIpc) is 2.98. The molecule has 2 N–H and O–H groups in total. The first-order valence-electron chi connectivity index (χ1n) is 11.3. The van der Waals surface area contributed by atoms with Gasteiger partial charge in [-0.25, -0.2) is 10.2 Å². The molecule has 3 amide bonds. The molecule has 2 aromatic carbocycles. The molecule has 0 saturated carbocycles. The third-order valence-corrected chi connectivity index (χ3v) is 6.25. The van der Waals surface area contributed by atoms with Crippen LogP contribution in [0.1, 0.15) is 24.8 Å². The highest BCUT2D eigenvalue weighted by atomic mass is 35.5. The van der Waals surface area contributed by atoms with Crippen LogP contribution < -0.4 is 20.5 Å². The number of fused-ring (bicyclic) bond motifs is 2. The van der Waals surface area contributed by atoms with Gasteiger partial charge in [0.15, 0.2) is 5.75 Å². The maximum Gasteiger partial charge on any atom is 0.341 e. The summed E-state index contributed by atoms with van der Waals surface area (Å²) in [7, 11) is 2.14. The van der Waals surface area contributed by atoms with Crippen molar-refractivity contribution in [3.05, 3.63) is 53.1 Å². The summed E-state index contributed by atoms with van der Waals surface area (Å²) in [6.07, 6.45) is 2.09. The van der Waals surface area contributed by atoms with Crippen LogP contribution >= 0.6 is 11.6 Å². The van der Waals surface area contributed by atoms with Gasteiger partial charge in [0.2, 0.25) is 5.91 Å². The highest BCUT2D eigenvalue weighted by molar-refractivity contribution is 6.31. The number of amides is 3. The number of likely N-dealkylation sites (N-methyl/N-ethyl adjacent to an activating group) is 1. The number of hydrazine groups is 1. The van der Waals surface area contributed by atoms with Crippen molar-refractivity contribution in [2.45, 2.75) is 25.8 Å². The van der Waals surface area contributed by atoms with Gasteiger partial charge in [-0.2, -0.15) is 0 Å². The largest absolute Gasteiger partial charge is 0.455 e. The second-order valence-electron chi connectivity index (χ2n) is 8.49. The quantitative estimate of drug-likeness (QED) is 0.514. The van der Waals surface area contributed by atoms with Crippen LogP contribution in [0, 0.1) is 0 Å². The van der Waals surface area contributed by atoms with E-state index in [1.807, 2.05) is 24.3 Å². The number of carbonyl (C=O) groups is 2. The molecule has 2 aliphatic heterocycles. The normalized spacial score (nSPS) is 16.2. The number of hydrogen-bond donors (Lipinski definition) is 2. The van der Waals surface area contributed by atoms with Gasteiger partial charge in [-0.1, -0.05) is 29.8 Å². The summed E-state index contributed by atoms with van der Waals surface area (Å²) in [5.74, 6) is 0.995. The van der Waals surface area contributed by atoms with E-state index < -0.39 is 6.03 Å². The molecule has 33 heavy (non-hydrogen) atoms. The molecule has 0 unspecified atom stereocenters. The van der Waals surface area contributed by atoms with E-state index in [-0.39, 0.29) is 12.5 Å². The topological polar surface area (TPSA) is 77.2 Å². The van der Waals surface area contributed by atoms with Crippen LogP contribution in [-0.2, 0) is 11.3 Å². The molecule has 4 rings (SSSR count). The minimum atomic E-state index is -0.454. The number of halogens is 1. The van der Waals surface area contributed by atoms with Crippen LogP contribution in [0.4, 0.5) is 10.5 Å². The molecule has 176 valence electrons. The molecule has 2 aliphatic rings. The number of unbranched alkanes of at least 4 members (excludes halogenated alkanes) is 1. The lowest BCUT2D eigenvalue weighted by atomic mass is 10.2. The molecule has 8 nitrogen and oxygen atoms in total. The molecule has 0 aromatic heterocycles. The van der Waals surface area contributed by atoms with Crippen LogP contribution in [0.15, 0.2) is 42.5 Å². The third-order valence-electron chi connectivity index (χ3n) is 6.01. The second-order valence-corrected chi connectivity index (χ2v) is 8.92. The predicted octanol–water partition coefficient (Wildman–Crippen LogP) is 3.61. The van der Waals surface area contributed by atoms with E-state index in [0.717, 1.165) is 51.1 Å². The zero-order valence-electron chi connectivity index (χ0n) is 18.8. The highest BCUT2D eigenvalue weighted by Gasteiger charge is 2.26. The first-order valence-corrected chi connectivity index (χ1v) is 11.7. The van der Waals surface area contributed by atoms with Gasteiger partial charge < -0.3 is 14.5 Å². The minimum Gasteiger partial charge on any atom is -0.455 e. The van der Waals surface area contributed by atoms with Gasteiger partial charge in [-0.3, -0.25) is 15.1 Å². The maximum atomic E-state index is 13.0. The van der Waals surface area contributed by atoms with Crippen molar-refractivity contribution in [1.82, 2.24) is 20.7 Å². The van der Waals surface area contributed by atoms with Gasteiger partial charge in [0.05, 0.1) is 12.2 Å². The van der Waals surface area contributed by atoms with Crippen LogP contribution in [0.25, 0.3) is 0 Å². The number of benzene rings is 2. The Hall–Kier alpha value is -2.81. The number of anilines is 1. The van der Waals surface area contributed by atoms with Crippen molar-refractivity contribution in [3.63, 3.8) is 0 Å². The molecular formula is C24H30ClN5O3. The Kier molecular flexibility index (Phi) is 7.69. The van der Waals surface area contributed by atoms with E-state index in [1.165, 1.54) is 4.90 Å². The van der Waals surface area contributed by atoms with Gasteiger partial charge in [0, 0.05) is 43.2 Å².